The first-order valence-corrected chi connectivity index (χ1v) is 9.38. The van der Waals surface area contributed by atoms with Gasteiger partial charge >= 0.3 is 5.97 Å². The van der Waals surface area contributed by atoms with E-state index in [0.29, 0.717) is 5.69 Å². The Morgan fingerprint density at radius 1 is 1.17 bits per heavy atom. The van der Waals surface area contributed by atoms with Crippen LogP contribution in [0.5, 0.6) is 0 Å². The second-order valence-electron chi connectivity index (χ2n) is 7.15. The fourth-order valence-electron chi connectivity index (χ4n) is 3.19. The van der Waals surface area contributed by atoms with Gasteiger partial charge in [-0.2, -0.15) is 0 Å². The summed E-state index contributed by atoms with van der Waals surface area (Å²) in [5, 5.41) is 2.41. The lowest BCUT2D eigenvalue weighted by Crippen LogP contribution is -2.27. The van der Waals surface area contributed by atoms with Crippen molar-refractivity contribution in [1.82, 2.24) is 0 Å². The minimum absolute atomic E-state index is 0.0132. The number of ether oxygens (including phenoxy) is 1. The van der Waals surface area contributed by atoms with Gasteiger partial charge in [0, 0.05) is 31.3 Å². The van der Waals surface area contributed by atoms with Gasteiger partial charge in [0.2, 0.25) is 17.6 Å². The zero-order valence-corrected chi connectivity index (χ0v) is 16.6. The highest BCUT2D eigenvalue weighted by Gasteiger charge is 2.36. The van der Waals surface area contributed by atoms with Gasteiger partial charge in [0.25, 0.3) is 0 Å². The van der Waals surface area contributed by atoms with E-state index >= 15 is 0 Å². The van der Waals surface area contributed by atoms with Crippen molar-refractivity contribution in [1.29, 1.82) is 0 Å². The van der Waals surface area contributed by atoms with Crippen molar-refractivity contribution in [2.24, 2.45) is 5.92 Å². The molecule has 1 heterocycles. The molecule has 30 heavy (non-hydrogen) atoms. The summed E-state index contributed by atoms with van der Waals surface area (Å²) in [6.07, 6.45) is -0.0132. The quantitative estimate of drug-likeness (QED) is 0.582. The number of Topliss-reactive ketones (excluding diaryl/α,β-unsaturated/α-hetero) is 1. The van der Waals surface area contributed by atoms with E-state index in [9.17, 15) is 23.6 Å². The highest BCUT2D eigenvalue weighted by atomic mass is 19.1. The lowest BCUT2D eigenvalue weighted by molar-refractivity contribution is -0.147. The summed E-state index contributed by atoms with van der Waals surface area (Å²) in [6, 6.07) is 11.0. The average Bonchev–Trinajstić information content (AvgIpc) is 3.08. The van der Waals surface area contributed by atoms with Crippen LogP contribution >= 0.6 is 0 Å². The Morgan fingerprint density at radius 2 is 1.87 bits per heavy atom. The van der Waals surface area contributed by atoms with Crippen molar-refractivity contribution in [3.63, 3.8) is 0 Å². The number of nitrogens with one attached hydrogen (secondary N) is 1. The molecule has 1 N–H and O–H groups in total. The Kier molecular flexibility index (Phi) is 6.25. The molecule has 0 bridgehead atoms. The van der Waals surface area contributed by atoms with E-state index in [2.05, 4.69) is 5.32 Å². The van der Waals surface area contributed by atoms with Gasteiger partial charge in [-0.3, -0.25) is 19.2 Å². The molecule has 1 atom stereocenters. The number of hydrogen-bond donors (Lipinski definition) is 1. The maximum Gasteiger partial charge on any atom is 0.311 e. The molecule has 3 rings (SSSR count). The molecule has 1 fully saturated rings. The maximum atomic E-state index is 14.1. The number of aryl methyl sites for hydroxylation is 1. The molecule has 1 aliphatic rings. The normalized spacial score (nSPS) is 15.8. The van der Waals surface area contributed by atoms with Gasteiger partial charge in [-0.25, -0.2) is 4.39 Å². The zero-order valence-electron chi connectivity index (χ0n) is 16.6. The summed E-state index contributed by atoms with van der Waals surface area (Å²) in [7, 11) is 0. The lowest BCUT2D eigenvalue weighted by atomic mass is 10.1. The fourth-order valence-corrected chi connectivity index (χ4v) is 3.19. The van der Waals surface area contributed by atoms with Crippen LogP contribution < -0.4 is 10.2 Å². The lowest BCUT2D eigenvalue weighted by Gasteiger charge is -2.16. The molecule has 2 aromatic rings. The van der Waals surface area contributed by atoms with Crippen LogP contribution in [0.25, 0.3) is 0 Å². The molecule has 2 aromatic carbocycles. The Labute approximate surface area is 172 Å². The fraction of sp³-hybridized carbons (Fsp3) is 0.273. The van der Waals surface area contributed by atoms with E-state index < -0.39 is 30.1 Å². The maximum absolute atomic E-state index is 14.1. The number of rotatable bonds is 6. The number of carbonyl (C=O) groups excluding carboxylic acids is 4. The van der Waals surface area contributed by atoms with Crippen LogP contribution in [0, 0.1) is 18.7 Å². The predicted molar refractivity (Wildman–Crippen MR) is 108 cm³/mol. The number of carbonyl (C=O) groups is 4. The number of esters is 1. The first kappa shape index (κ1) is 21.2. The Balaban J connectivity index is 1.58. The number of hydrogen-bond acceptors (Lipinski definition) is 5. The van der Waals surface area contributed by atoms with E-state index in [1.165, 1.54) is 24.0 Å². The number of benzene rings is 2. The van der Waals surface area contributed by atoms with E-state index in [4.69, 9.17) is 4.74 Å². The number of halogens is 1. The smallest absolute Gasteiger partial charge is 0.311 e. The van der Waals surface area contributed by atoms with Crippen molar-refractivity contribution >= 4 is 34.9 Å². The van der Waals surface area contributed by atoms with Gasteiger partial charge in [-0.05, 0) is 37.3 Å². The molecule has 0 unspecified atom stereocenters. The summed E-state index contributed by atoms with van der Waals surface area (Å²) in [4.78, 5) is 49.3. The van der Waals surface area contributed by atoms with Crippen LogP contribution in [-0.4, -0.2) is 36.7 Å². The second-order valence-corrected chi connectivity index (χ2v) is 7.15. The molecule has 7 nitrogen and oxygen atoms in total. The minimum Gasteiger partial charge on any atom is -0.457 e. The third-order valence-electron chi connectivity index (χ3n) is 4.74. The molecular formula is C22H21FN2O5. The van der Waals surface area contributed by atoms with Crippen LogP contribution in [0.4, 0.5) is 15.8 Å². The Hall–Kier alpha value is -3.55. The van der Waals surface area contributed by atoms with E-state index in [1.54, 1.807) is 12.1 Å². The van der Waals surface area contributed by atoms with Crippen LogP contribution in [0.1, 0.15) is 29.3 Å². The van der Waals surface area contributed by atoms with Crippen molar-refractivity contribution in [2.75, 3.05) is 23.4 Å². The molecule has 0 aromatic heterocycles. The first-order chi connectivity index (χ1) is 14.2. The Morgan fingerprint density at radius 3 is 2.50 bits per heavy atom. The van der Waals surface area contributed by atoms with Crippen molar-refractivity contribution in [2.45, 2.75) is 20.3 Å². The average molecular weight is 412 g/mol. The standard InChI is InChI=1S/C22H21FN2O5/c1-13-3-6-17(7-4-13)25-11-15(9-21(25)28)22(29)30-12-20(27)18-8-5-16(10-19(18)23)24-14(2)26/h3-8,10,15H,9,11-12H2,1-2H3,(H,24,26)/t15-/m0/s1. The molecule has 0 saturated carbocycles. The number of nitrogens with zero attached hydrogens (tertiary/aromatic N) is 1. The molecule has 0 aliphatic carbocycles. The molecular weight excluding hydrogens is 391 g/mol. The summed E-state index contributed by atoms with van der Waals surface area (Å²) >= 11 is 0. The van der Waals surface area contributed by atoms with E-state index in [1.807, 2.05) is 19.1 Å². The highest BCUT2D eigenvalue weighted by Crippen LogP contribution is 2.26. The largest absolute Gasteiger partial charge is 0.457 e. The van der Waals surface area contributed by atoms with Crippen LogP contribution in [-0.2, 0) is 19.1 Å². The molecule has 156 valence electrons. The Bertz CT molecular complexity index is 1000. The van der Waals surface area contributed by atoms with Crippen LogP contribution in [0.15, 0.2) is 42.5 Å². The summed E-state index contributed by atoms with van der Waals surface area (Å²) < 4.78 is 19.2. The van der Waals surface area contributed by atoms with Crippen molar-refractivity contribution in [3.8, 4) is 0 Å². The predicted octanol–water partition coefficient (Wildman–Crippen LogP) is 2.87. The van der Waals surface area contributed by atoms with E-state index in [-0.39, 0.29) is 36.0 Å². The zero-order chi connectivity index (χ0) is 21.8. The third kappa shape index (κ3) is 4.89. The molecule has 0 radical (unpaired) electrons. The van der Waals surface area contributed by atoms with Gasteiger partial charge in [-0.1, -0.05) is 17.7 Å². The molecule has 1 saturated heterocycles. The van der Waals surface area contributed by atoms with Gasteiger partial charge in [0.1, 0.15) is 5.82 Å². The highest BCUT2D eigenvalue weighted by molar-refractivity contribution is 6.01. The van der Waals surface area contributed by atoms with Gasteiger partial charge in [0.05, 0.1) is 11.5 Å². The number of ketones is 1. The SMILES string of the molecule is CC(=O)Nc1ccc(C(=O)COC(=O)[C@H]2CC(=O)N(c3ccc(C)cc3)C2)c(F)c1. The number of anilines is 2. The minimum atomic E-state index is -0.830. The summed E-state index contributed by atoms with van der Waals surface area (Å²) in [5.41, 5.74) is 1.71. The topological polar surface area (TPSA) is 92.8 Å². The first-order valence-electron chi connectivity index (χ1n) is 9.38. The van der Waals surface area contributed by atoms with Crippen LogP contribution in [0.3, 0.4) is 0 Å². The van der Waals surface area contributed by atoms with Gasteiger partial charge < -0.3 is 15.0 Å². The molecule has 8 heteroatoms. The second kappa shape index (κ2) is 8.86. The van der Waals surface area contributed by atoms with Gasteiger partial charge in [-0.15, -0.1) is 0 Å². The summed E-state index contributed by atoms with van der Waals surface area (Å²) in [6.45, 7) is 2.74. The third-order valence-corrected chi connectivity index (χ3v) is 4.74. The van der Waals surface area contributed by atoms with Crippen LogP contribution in [0.2, 0.25) is 0 Å². The summed E-state index contributed by atoms with van der Waals surface area (Å²) in [5.74, 6) is -3.49. The van der Waals surface area contributed by atoms with Crippen molar-refractivity contribution < 1.29 is 28.3 Å². The monoisotopic (exact) mass is 412 g/mol. The number of amides is 2. The molecule has 2 amide bonds. The van der Waals surface area contributed by atoms with E-state index in [0.717, 1.165) is 11.6 Å². The molecule has 1 aliphatic heterocycles. The van der Waals surface area contributed by atoms with Gasteiger partial charge in [0.15, 0.2) is 6.61 Å². The van der Waals surface area contributed by atoms with Crippen molar-refractivity contribution in [3.05, 3.63) is 59.4 Å². The molecule has 0 spiro atoms.